The molecule has 0 aromatic carbocycles. The van der Waals surface area contributed by atoms with Gasteiger partial charge in [-0.25, -0.2) is 0 Å². The molecule has 5 heteroatoms. The van der Waals surface area contributed by atoms with Crippen molar-refractivity contribution in [2.75, 3.05) is 6.54 Å². The van der Waals surface area contributed by atoms with Crippen molar-refractivity contribution in [3.8, 4) is 0 Å². The molecule has 0 heterocycles. The van der Waals surface area contributed by atoms with Crippen molar-refractivity contribution in [3.63, 3.8) is 0 Å². The molecule has 2 rings (SSSR count). The molecule has 0 aromatic heterocycles. The van der Waals surface area contributed by atoms with Crippen molar-refractivity contribution in [1.82, 2.24) is 5.32 Å². The fourth-order valence-corrected chi connectivity index (χ4v) is 3.02. The van der Waals surface area contributed by atoms with Crippen LogP contribution < -0.4 is 11.1 Å². The Morgan fingerprint density at radius 1 is 1.18 bits per heavy atom. The largest absolute Gasteiger partial charge is 0.460 e. The van der Waals surface area contributed by atoms with Gasteiger partial charge in [-0.15, -0.1) is 0 Å². The monoisotopic (exact) mass is 309 g/mol. The summed E-state index contributed by atoms with van der Waals surface area (Å²) in [5.41, 5.74) is 5.56. The summed E-state index contributed by atoms with van der Waals surface area (Å²) in [6, 6.07) is 0.337. The Kier molecular flexibility index (Phi) is 5.70. The number of nitrogens with one attached hydrogen (secondary N) is 1. The molecule has 2 fully saturated rings. The van der Waals surface area contributed by atoms with Crippen LogP contribution in [-0.4, -0.2) is 30.1 Å². The second-order valence-corrected chi connectivity index (χ2v) is 7.75. The minimum Gasteiger partial charge on any atom is -0.460 e. The highest BCUT2D eigenvalue weighted by molar-refractivity contribution is 5.78. The first-order valence-electron chi connectivity index (χ1n) is 8.63. The Labute approximate surface area is 134 Å². The van der Waals surface area contributed by atoms with Crippen LogP contribution in [0.4, 0.5) is 0 Å². The van der Waals surface area contributed by atoms with Crippen LogP contribution in [0.3, 0.4) is 0 Å². The van der Waals surface area contributed by atoms with Crippen molar-refractivity contribution < 1.29 is 9.53 Å². The highest BCUT2D eigenvalue weighted by Crippen LogP contribution is 2.27. The number of guanidine groups is 1. The number of ether oxygens (including phenoxy) is 1. The van der Waals surface area contributed by atoms with Crippen LogP contribution in [0.25, 0.3) is 0 Å². The Hall–Kier alpha value is -1.26. The topological polar surface area (TPSA) is 76.7 Å². The smallest absolute Gasteiger partial charge is 0.309 e. The van der Waals surface area contributed by atoms with Gasteiger partial charge in [-0.2, -0.15) is 0 Å². The van der Waals surface area contributed by atoms with E-state index in [-0.39, 0.29) is 11.9 Å². The lowest BCUT2D eigenvalue weighted by atomic mass is 9.85. The number of nitrogens with zero attached hydrogens (tertiary/aromatic N) is 1. The second-order valence-electron chi connectivity index (χ2n) is 7.75. The molecule has 126 valence electrons. The third-order valence-electron chi connectivity index (χ3n) is 4.56. The number of nitrogens with two attached hydrogens (primary N) is 1. The van der Waals surface area contributed by atoms with Gasteiger partial charge in [0.25, 0.3) is 0 Å². The van der Waals surface area contributed by atoms with Crippen LogP contribution in [-0.2, 0) is 9.53 Å². The van der Waals surface area contributed by atoms with E-state index in [0.29, 0.717) is 12.0 Å². The molecular formula is C17H31N3O2. The van der Waals surface area contributed by atoms with Gasteiger partial charge in [0, 0.05) is 12.6 Å². The molecule has 5 nitrogen and oxygen atoms in total. The predicted octanol–water partition coefficient (Wildman–Crippen LogP) is 2.59. The van der Waals surface area contributed by atoms with Crippen LogP contribution in [0.15, 0.2) is 4.99 Å². The van der Waals surface area contributed by atoms with E-state index >= 15 is 0 Å². The Bertz CT molecular complexity index is 403. The van der Waals surface area contributed by atoms with Crippen LogP contribution in [0.5, 0.6) is 0 Å². The van der Waals surface area contributed by atoms with Gasteiger partial charge >= 0.3 is 5.97 Å². The van der Waals surface area contributed by atoms with E-state index in [2.05, 4.69) is 10.3 Å². The van der Waals surface area contributed by atoms with Gasteiger partial charge in [-0.1, -0.05) is 6.42 Å². The molecule has 3 N–H and O–H groups in total. The zero-order chi connectivity index (χ0) is 16.2. The molecule has 2 aliphatic carbocycles. The molecule has 0 aliphatic heterocycles. The zero-order valence-corrected chi connectivity index (χ0v) is 14.2. The first kappa shape index (κ1) is 17.1. The van der Waals surface area contributed by atoms with E-state index in [1.165, 1.54) is 19.3 Å². The van der Waals surface area contributed by atoms with E-state index in [0.717, 1.165) is 38.1 Å². The number of aliphatic imine (C=N–C) groups is 1. The van der Waals surface area contributed by atoms with E-state index in [1.807, 2.05) is 20.8 Å². The van der Waals surface area contributed by atoms with Crippen LogP contribution >= 0.6 is 0 Å². The van der Waals surface area contributed by atoms with Gasteiger partial charge in [-0.3, -0.25) is 9.79 Å². The summed E-state index contributed by atoms with van der Waals surface area (Å²) in [6.07, 6.45) is 7.54. The molecule has 0 unspecified atom stereocenters. The molecule has 0 saturated heterocycles. The number of rotatable bonds is 4. The van der Waals surface area contributed by atoms with Gasteiger partial charge in [-0.05, 0) is 65.2 Å². The van der Waals surface area contributed by atoms with E-state index in [9.17, 15) is 4.79 Å². The number of carbonyl (C=O) groups is 1. The highest BCUT2D eigenvalue weighted by atomic mass is 16.6. The number of hydrogen-bond donors (Lipinski definition) is 2. The zero-order valence-electron chi connectivity index (χ0n) is 14.2. The summed E-state index contributed by atoms with van der Waals surface area (Å²) in [4.78, 5) is 16.5. The molecule has 0 atom stereocenters. The molecule has 0 spiro atoms. The fourth-order valence-electron chi connectivity index (χ4n) is 3.02. The average molecular weight is 309 g/mol. The summed E-state index contributed by atoms with van der Waals surface area (Å²) in [5.74, 6) is 1.28. The minimum atomic E-state index is -0.398. The molecule has 0 aromatic rings. The number of esters is 1. The summed E-state index contributed by atoms with van der Waals surface area (Å²) < 4.78 is 5.47. The Morgan fingerprint density at radius 2 is 1.82 bits per heavy atom. The lowest BCUT2D eigenvalue weighted by molar-refractivity contribution is -0.161. The predicted molar refractivity (Wildman–Crippen MR) is 88.6 cm³/mol. The van der Waals surface area contributed by atoms with Crippen molar-refractivity contribution in [1.29, 1.82) is 0 Å². The maximum absolute atomic E-state index is 12.1. The fraction of sp³-hybridized carbons (Fsp3) is 0.882. The third kappa shape index (κ3) is 5.50. The summed E-state index contributed by atoms with van der Waals surface area (Å²) in [7, 11) is 0. The van der Waals surface area contributed by atoms with Gasteiger partial charge in [0.15, 0.2) is 5.96 Å². The molecule has 0 bridgehead atoms. The minimum absolute atomic E-state index is 0.0328. The number of carbonyl (C=O) groups excluding carboxylic acids is 1. The lowest BCUT2D eigenvalue weighted by Gasteiger charge is -2.30. The van der Waals surface area contributed by atoms with Gasteiger partial charge in [0.1, 0.15) is 5.60 Å². The van der Waals surface area contributed by atoms with Crippen LogP contribution in [0.1, 0.15) is 65.7 Å². The quantitative estimate of drug-likeness (QED) is 0.475. The van der Waals surface area contributed by atoms with Crippen molar-refractivity contribution in [2.45, 2.75) is 77.4 Å². The van der Waals surface area contributed by atoms with E-state index < -0.39 is 5.60 Å². The van der Waals surface area contributed by atoms with Crippen LogP contribution in [0, 0.1) is 11.8 Å². The first-order valence-corrected chi connectivity index (χ1v) is 8.63. The normalized spacial score (nSPS) is 27.1. The number of hydrogen-bond acceptors (Lipinski definition) is 3. The molecule has 0 radical (unpaired) electrons. The maximum Gasteiger partial charge on any atom is 0.309 e. The van der Waals surface area contributed by atoms with E-state index in [4.69, 9.17) is 10.5 Å². The average Bonchev–Trinajstić information content (AvgIpc) is 2.35. The SMILES string of the molecule is CC(C)(C)OC(=O)C1CCC(NC(N)=NCC2CCC2)CC1. The summed E-state index contributed by atoms with van der Waals surface area (Å²) in [6.45, 7) is 6.60. The summed E-state index contributed by atoms with van der Waals surface area (Å²) in [5, 5.41) is 3.31. The van der Waals surface area contributed by atoms with Crippen molar-refractivity contribution >= 4 is 11.9 Å². The van der Waals surface area contributed by atoms with Crippen molar-refractivity contribution in [2.24, 2.45) is 22.6 Å². The maximum atomic E-state index is 12.1. The van der Waals surface area contributed by atoms with Gasteiger partial charge in [0.2, 0.25) is 0 Å². The molecule has 2 saturated carbocycles. The van der Waals surface area contributed by atoms with Gasteiger partial charge in [0.05, 0.1) is 5.92 Å². The van der Waals surface area contributed by atoms with Crippen molar-refractivity contribution in [3.05, 3.63) is 0 Å². The molecule has 22 heavy (non-hydrogen) atoms. The summed E-state index contributed by atoms with van der Waals surface area (Å²) >= 11 is 0. The molecule has 0 amide bonds. The van der Waals surface area contributed by atoms with E-state index in [1.54, 1.807) is 0 Å². The Morgan fingerprint density at radius 3 is 2.32 bits per heavy atom. The first-order chi connectivity index (χ1) is 10.3. The van der Waals surface area contributed by atoms with Gasteiger partial charge < -0.3 is 15.8 Å². The molecular weight excluding hydrogens is 278 g/mol. The third-order valence-corrected chi connectivity index (χ3v) is 4.56. The van der Waals surface area contributed by atoms with Crippen LogP contribution in [0.2, 0.25) is 0 Å². The highest BCUT2D eigenvalue weighted by Gasteiger charge is 2.30. The lowest BCUT2D eigenvalue weighted by Crippen LogP contribution is -2.43. The Balaban J connectivity index is 1.69. The molecule has 2 aliphatic rings. The second kappa shape index (κ2) is 7.34. The standard InChI is InChI=1S/C17H31N3O2/c1-17(2,3)22-15(21)13-7-9-14(10-8-13)20-16(18)19-11-12-5-4-6-12/h12-14H,4-11H2,1-3H3,(H3,18,19,20).